The van der Waals surface area contributed by atoms with Crippen LogP contribution in [0.15, 0.2) is 31.0 Å². The molecule has 0 unspecified atom stereocenters. The first-order valence-corrected chi connectivity index (χ1v) is 6.79. The maximum atomic E-state index is 9.03. The molecule has 0 radical (unpaired) electrons. The Bertz CT molecular complexity index is 362. The quantitative estimate of drug-likeness (QED) is 0.667. The summed E-state index contributed by atoms with van der Waals surface area (Å²) in [5.74, 6) is 1.53. The molecule has 0 spiro atoms. The molecule has 2 N–H and O–H groups in total. The summed E-state index contributed by atoms with van der Waals surface area (Å²) in [4.78, 5) is 6.44. The topological polar surface area (TPSA) is 48.4 Å². The van der Waals surface area contributed by atoms with Crippen LogP contribution in [0.3, 0.4) is 0 Å². The highest BCUT2D eigenvalue weighted by Crippen LogP contribution is 2.11. The Balaban J connectivity index is 2.55. The van der Waals surface area contributed by atoms with Crippen LogP contribution in [0.1, 0.15) is 19.4 Å². The van der Waals surface area contributed by atoms with Gasteiger partial charge in [0.1, 0.15) is 5.82 Å². The van der Waals surface area contributed by atoms with Gasteiger partial charge in [-0.25, -0.2) is 4.98 Å². The van der Waals surface area contributed by atoms with Gasteiger partial charge in [0, 0.05) is 25.8 Å². The molecule has 106 valence electrons. The third-order valence-electron chi connectivity index (χ3n) is 2.73. The molecule has 0 aliphatic rings. The van der Waals surface area contributed by atoms with Crippen LogP contribution in [-0.2, 0) is 6.54 Å². The van der Waals surface area contributed by atoms with Gasteiger partial charge in [-0.05, 0) is 24.1 Å². The van der Waals surface area contributed by atoms with E-state index < -0.39 is 0 Å². The van der Waals surface area contributed by atoms with Gasteiger partial charge < -0.3 is 15.3 Å². The molecule has 0 amide bonds. The smallest absolute Gasteiger partial charge is 0.128 e. The van der Waals surface area contributed by atoms with Gasteiger partial charge in [0.05, 0.1) is 6.61 Å². The first kappa shape index (κ1) is 15.7. The van der Waals surface area contributed by atoms with Crippen LogP contribution in [0.25, 0.3) is 0 Å². The van der Waals surface area contributed by atoms with E-state index in [1.165, 1.54) is 5.56 Å². The van der Waals surface area contributed by atoms with Crippen LogP contribution in [-0.4, -0.2) is 36.3 Å². The Morgan fingerprint density at radius 1 is 1.47 bits per heavy atom. The van der Waals surface area contributed by atoms with Crippen molar-refractivity contribution in [1.82, 2.24) is 10.3 Å². The molecule has 1 rings (SSSR count). The second kappa shape index (κ2) is 8.67. The number of nitrogens with one attached hydrogen (secondary N) is 1. The van der Waals surface area contributed by atoms with Crippen molar-refractivity contribution in [3.8, 4) is 0 Å². The highest BCUT2D eigenvalue weighted by atomic mass is 16.3. The lowest BCUT2D eigenvalue weighted by Gasteiger charge is -2.21. The standard InChI is InChI=1S/C15H25N3O/c1-4-7-18(8-9-19)15-6-5-14(12-17-15)11-16-10-13(2)3/h4-6,12-13,16,19H,1,7-11H2,2-3H3. The molecule has 1 aromatic heterocycles. The molecule has 19 heavy (non-hydrogen) atoms. The maximum Gasteiger partial charge on any atom is 0.128 e. The summed E-state index contributed by atoms with van der Waals surface area (Å²) in [6, 6.07) is 4.06. The van der Waals surface area contributed by atoms with Crippen molar-refractivity contribution in [1.29, 1.82) is 0 Å². The van der Waals surface area contributed by atoms with Gasteiger partial charge in [0.2, 0.25) is 0 Å². The first-order valence-electron chi connectivity index (χ1n) is 6.79. The Morgan fingerprint density at radius 3 is 2.79 bits per heavy atom. The number of rotatable bonds is 9. The average Bonchev–Trinajstić information content (AvgIpc) is 2.39. The lowest BCUT2D eigenvalue weighted by atomic mass is 10.2. The fourth-order valence-electron chi connectivity index (χ4n) is 1.79. The lowest BCUT2D eigenvalue weighted by molar-refractivity contribution is 0.302. The number of aliphatic hydroxyl groups excluding tert-OH is 1. The average molecular weight is 263 g/mol. The summed E-state index contributed by atoms with van der Waals surface area (Å²) in [7, 11) is 0. The van der Waals surface area contributed by atoms with Gasteiger partial charge in [-0.1, -0.05) is 26.0 Å². The lowest BCUT2D eigenvalue weighted by Crippen LogP contribution is -2.27. The van der Waals surface area contributed by atoms with Crippen molar-refractivity contribution in [3.05, 3.63) is 36.5 Å². The molecule has 0 saturated heterocycles. The zero-order valence-electron chi connectivity index (χ0n) is 12.0. The summed E-state index contributed by atoms with van der Waals surface area (Å²) in [5, 5.41) is 12.4. The molecule has 0 aliphatic carbocycles. The number of hydrogen-bond donors (Lipinski definition) is 2. The highest BCUT2D eigenvalue weighted by molar-refractivity contribution is 5.40. The summed E-state index contributed by atoms with van der Waals surface area (Å²) >= 11 is 0. The van der Waals surface area contributed by atoms with Crippen molar-refractivity contribution < 1.29 is 5.11 Å². The summed E-state index contributed by atoms with van der Waals surface area (Å²) < 4.78 is 0. The maximum absolute atomic E-state index is 9.03. The normalized spacial score (nSPS) is 10.7. The van der Waals surface area contributed by atoms with Gasteiger partial charge in [0.15, 0.2) is 0 Å². The molecule has 0 bridgehead atoms. The van der Waals surface area contributed by atoms with Crippen molar-refractivity contribution >= 4 is 5.82 Å². The van der Waals surface area contributed by atoms with E-state index in [2.05, 4.69) is 36.8 Å². The number of aromatic nitrogens is 1. The number of pyridine rings is 1. The van der Waals surface area contributed by atoms with Crippen LogP contribution >= 0.6 is 0 Å². The van der Waals surface area contributed by atoms with E-state index in [1.807, 2.05) is 23.2 Å². The second-order valence-corrected chi connectivity index (χ2v) is 5.01. The largest absolute Gasteiger partial charge is 0.395 e. The Hall–Kier alpha value is -1.39. The molecular weight excluding hydrogens is 238 g/mol. The van der Waals surface area contributed by atoms with E-state index in [9.17, 15) is 0 Å². The van der Waals surface area contributed by atoms with Crippen molar-refractivity contribution in [2.45, 2.75) is 20.4 Å². The minimum atomic E-state index is 0.118. The number of aliphatic hydroxyl groups is 1. The van der Waals surface area contributed by atoms with E-state index >= 15 is 0 Å². The van der Waals surface area contributed by atoms with E-state index in [1.54, 1.807) is 0 Å². The Kier molecular flexibility index (Phi) is 7.15. The predicted octanol–water partition coefficient (Wildman–Crippen LogP) is 1.81. The number of nitrogens with zero attached hydrogens (tertiary/aromatic N) is 2. The third-order valence-corrected chi connectivity index (χ3v) is 2.73. The molecule has 1 aromatic rings. The summed E-state index contributed by atoms with van der Waals surface area (Å²) in [5.41, 5.74) is 1.17. The van der Waals surface area contributed by atoms with Gasteiger partial charge in [-0.3, -0.25) is 0 Å². The Labute approximate surface area is 116 Å². The molecule has 0 aliphatic heterocycles. The van der Waals surface area contributed by atoms with E-state index in [4.69, 9.17) is 5.11 Å². The SMILES string of the molecule is C=CCN(CCO)c1ccc(CNCC(C)C)cn1. The minimum Gasteiger partial charge on any atom is -0.395 e. The zero-order chi connectivity index (χ0) is 14.1. The second-order valence-electron chi connectivity index (χ2n) is 5.01. The zero-order valence-corrected chi connectivity index (χ0v) is 12.0. The molecule has 0 fully saturated rings. The summed E-state index contributed by atoms with van der Waals surface area (Å²) in [6.45, 7) is 11.3. The van der Waals surface area contributed by atoms with Crippen molar-refractivity contribution in [2.24, 2.45) is 5.92 Å². The molecule has 1 heterocycles. The first-order chi connectivity index (χ1) is 9.17. The molecular formula is C15H25N3O. The number of anilines is 1. The van der Waals surface area contributed by atoms with Gasteiger partial charge in [-0.15, -0.1) is 6.58 Å². The van der Waals surface area contributed by atoms with Crippen LogP contribution in [0.4, 0.5) is 5.82 Å². The van der Waals surface area contributed by atoms with Crippen molar-refractivity contribution in [3.63, 3.8) is 0 Å². The molecule has 0 saturated carbocycles. The van der Waals surface area contributed by atoms with Crippen molar-refractivity contribution in [2.75, 3.05) is 31.1 Å². The molecule has 4 heteroatoms. The van der Waals surface area contributed by atoms with Crippen LogP contribution < -0.4 is 10.2 Å². The van der Waals surface area contributed by atoms with Gasteiger partial charge >= 0.3 is 0 Å². The fourth-order valence-corrected chi connectivity index (χ4v) is 1.79. The van der Waals surface area contributed by atoms with E-state index in [-0.39, 0.29) is 6.61 Å². The van der Waals surface area contributed by atoms with Gasteiger partial charge in [0.25, 0.3) is 0 Å². The molecule has 4 nitrogen and oxygen atoms in total. The van der Waals surface area contributed by atoms with Crippen LogP contribution in [0, 0.1) is 5.92 Å². The third kappa shape index (κ3) is 5.85. The predicted molar refractivity (Wildman–Crippen MR) is 80.3 cm³/mol. The minimum absolute atomic E-state index is 0.118. The highest BCUT2D eigenvalue weighted by Gasteiger charge is 2.05. The van der Waals surface area contributed by atoms with Gasteiger partial charge in [-0.2, -0.15) is 0 Å². The van der Waals surface area contributed by atoms with E-state index in [0.29, 0.717) is 19.0 Å². The monoisotopic (exact) mass is 263 g/mol. The van der Waals surface area contributed by atoms with E-state index in [0.717, 1.165) is 18.9 Å². The van der Waals surface area contributed by atoms with Crippen LogP contribution in [0.5, 0.6) is 0 Å². The number of hydrogen-bond acceptors (Lipinski definition) is 4. The fraction of sp³-hybridized carbons (Fsp3) is 0.533. The summed E-state index contributed by atoms with van der Waals surface area (Å²) in [6.07, 6.45) is 3.70. The molecule has 0 atom stereocenters. The Morgan fingerprint density at radius 2 is 2.26 bits per heavy atom. The molecule has 0 aromatic carbocycles. The van der Waals surface area contributed by atoms with Crippen LogP contribution in [0.2, 0.25) is 0 Å².